The summed E-state index contributed by atoms with van der Waals surface area (Å²) in [6, 6.07) is 4.12. The lowest BCUT2D eigenvalue weighted by Gasteiger charge is -2.21. The zero-order chi connectivity index (χ0) is 22.1. The number of pyridine rings is 1. The molecule has 0 saturated carbocycles. The first-order chi connectivity index (χ1) is 14.9. The lowest BCUT2D eigenvalue weighted by atomic mass is 9.91. The average Bonchev–Trinajstić information content (AvgIpc) is 3.21. The molecule has 1 unspecified atom stereocenters. The Morgan fingerprint density at radius 1 is 1.32 bits per heavy atom. The first-order valence-electron chi connectivity index (χ1n) is 10.5. The van der Waals surface area contributed by atoms with Crippen LogP contribution in [-0.2, 0) is 20.7 Å². The number of cyclic esters (lactones) is 1. The van der Waals surface area contributed by atoms with E-state index in [9.17, 15) is 9.59 Å². The number of nitrogens with zero attached hydrogens (tertiary/aromatic N) is 1. The van der Waals surface area contributed by atoms with Crippen LogP contribution >= 0.6 is 0 Å². The van der Waals surface area contributed by atoms with E-state index in [2.05, 4.69) is 18.7 Å². The molecule has 160 valence electrons. The van der Waals surface area contributed by atoms with Gasteiger partial charge in [0.25, 0.3) is 0 Å². The second-order valence-electron chi connectivity index (χ2n) is 7.98. The van der Waals surface area contributed by atoms with Gasteiger partial charge in [0.1, 0.15) is 18.6 Å². The van der Waals surface area contributed by atoms with E-state index in [4.69, 9.17) is 20.2 Å². The summed E-state index contributed by atoms with van der Waals surface area (Å²) < 4.78 is 10.8. The molecule has 2 N–H and O–H groups in total. The fourth-order valence-electron chi connectivity index (χ4n) is 4.25. The summed E-state index contributed by atoms with van der Waals surface area (Å²) in [4.78, 5) is 28.3. The molecule has 2 aromatic rings. The number of hydrogen-bond acceptors (Lipinski definition) is 6. The van der Waals surface area contributed by atoms with E-state index in [0.29, 0.717) is 30.7 Å². The fraction of sp³-hybridized carbons (Fsp3) is 0.320. The van der Waals surface area contributed by atoms with Crippen molar-refractivity contribution in [3.8, 4) is 5.75 Å². The summed E-state index contributed by atoms with van der Waals surface area (Å²) in [5, 5.41) is 0.996. The predicted octanol–water partition coefficient (Wildman–Crippen LogP) is 3.54. The third-order valence-corrected chi connectivity index (χ3v) is 6.00. The van der Waals surface area contributed by atoms with Crippen molar-refractivity contribution in [3.63, 3.8) is 0 Å². The summed E-state index contributed by atoms with van der Waals surface area (Å²) in [6.07, 6.45) is 5.96. The minimum Gasteiger partial charge on any atom is -0.493 e. The second kappa shape index (κ2) is 8.47. The van der Waals surface area contributed by atoms with Gasteiger partial charge in [0.2, 0.25) is 0 Å². The maximum atomic E-state index is 12.0. The molecule has 6 nitrogen and oxygen atoms in total. The fourth-order valence-corrected chi connectivity index (χ4v) is 4.25. The molecule has 31 heavy (non-hydrogen) atoms. The van der Waals surface area contributed by atoms with E-state index in [-0.39, 0.29) is 12.6 Å². The summed E-state index contributed by atoms with van der Waals surface area (Å²) in [6.45, 7) is 9.19. The van der Waals surface area contributed by atoms with Gasteiger partial charge in [-0.3, -0.25) is 9.59 Å². The Morgan fingerprint density at radius 3 is 2.87 bits per heavy atom. The molecule has 1 aromatic heterocycles. The van der Waals surface area contributed by atoms with Crippen molar-refractivity contribution in [2.45, 2.75) is 26.7 Å². The summed E-state index contributed by atoms with van der Waals surface area (Å²) in [7, 11) is 0. The Hall–Kier alpha value is -3.25. The van der Waals surface area contributed by atoms with E-state index in [1.807, 2.05) is 19.1 Å². The van der Waals surface area contributed by atoms with E-state index >= 15 is 0 Å². The maximum Gasteiger partial charge on any atom is 0.313 e. The van der Waals surface area contributed by atoms with Crippen molar-refractivity contribution in [1.82, 2.24) is 4.98 Å². The van der Waals surface area contributed by atoms with Crippen LogP contribution in [-0.4, -0.2) is 37.0 Å². The largest absolute Gasteiger partial charge is 0.493 e. The SMILES string of the molecule is C=C(CCN)c1c(C)c(/C=C/C2=C(C=O)COC(=O)C2C)nc2cc3c(cc12)OCC3. The van der Waals surface area contributed by atoms with Crippen LogP contribution in [0.2, 0.25) is 0 Å². The Labute approximate surface area is 181 Å². The predicted molar refractivity (Wildman–Crippen MR) is 121 cm³/mol. The van der Waals surface area contributed by atoms with Crippen LogP contribution in [0.3, 0.4) is 0 Å². The zero-order valence-corrected chi connectivity index (χ0v) is 17.9. The minimum atomic E-state index is -0.502. The quantitative estimate of drug-likeness (QED) is 0.570. The van der Waals surface area contributed by atoms with Gasteiger partial charge in [-0.15, -0.1) is 0 Å². The molecule has 0 radical (unpaired) electrons. The molecule has 0 aliphatic carbocycles. The second-order valence-corrected chi connectivity index (χ2v) is 7.98. The van der Waals surface area contributed by atoms with Crippen LogP contribution in [0.15, 0.2) is 35.9 Å². The Balaban J connectivity index is 1.87. The number of carbonyl (C=O) groups excluding carboxylic acids is 2. The molecule has 2 aliphatic rings. The molecule has 1 aromatic carbocycles. The minimum absolute atomic E-state index is 0.00116. The molecule has 0 bridgehead atoms. The first-order valence-corrected chi connectivity index (χ1v) is 10.5. The number of aromatic nitrogens is 1. The summed E-state index contributed by atoms with van der Waals surface area (Å²) in [5.41, 5.74) is 12.7. The molecule has 0 amide bonds. The zero-order valence-electron chi connectivity index (χ0n) is 17.9. The summed E-state index contributed by atoms with van der Waals surface area (Å²) in [5.74, 6) is 0.0631. The molecular formula is C25H26N2O4. The van der Waals surface area contributed by atoms with Gasteiger partial charge in [0, 0.05) is 17.4 Å². The number of esters is 1. The number of nitrogens with two attached hydrogens (primary N) is 1. The highest BCUT2D eigenvalue weighted by Crippen LogP contribution is 2.36. The van der Waals surface area contributed by atoms with Crippen LogP contribution < -0.4 is 10.5 Å². The van der Waals surface area contributed by atoms with E-state index in [1.165, 1.54) is 0 Å². The highest BCUT2D eigenvalue weighted by Gasteiger charge is 2.26. The maximum absolute atomic E-state index is 12.0. The number of fused-ring (bicyclic) bond motifs is 2. The topological polar surface area (TPSA) is 91.5 Å². The van der Waals surface area contributed by atoms with Gasteiger partial charge in [-0.05, 0) is 72.9 Å². The van der Waals surface area contributed by atoms with Gasteiger partial charge in [0.05, 0.1) is 23.7 Å². The number of aldehydes is 1. The van der Waals surface area contributed by atoms with Crippen molar-refractivity contribution in [1.29, 1.82) is 0 Å². The molecule has 0 spiro atoms. The molecule has 0 saturated heterocycles. The number of hydrogen-bond donors (Lipinski definition) is 1. The van der Waals surface area contributed by atoms with Crippen LogP contribution in [0.1, 0.15) is 35.7 Å². The number of allylic oxidation sites excluding steroid dienone is 1. The van der Waals surface area contributed by atoms with E-state index in [1.54, 1.807) is 6.92 Å². The van der Waals surface area contributed by atoms with Gasteiger partial charge >= 0.3 is 5.97 Å². The van der Waals surface area contributed by atoms with Gasteiger partial charge in [-0.2, -0.15) is 0 Å². The number of carbonyl (C=O) groups is 2. The highest BCUT2D eigenvalue weighted by atomic mass is 16.5. The molecule has 2 aliphatic heterocycles. The average molecular weight is 418 g/mol. The third-order valence-electron chi connectivity index (χ3n) is 6.00. The highest BCUT2D eigenvalue weighted by molar-refractivity contribution is 5.96. The van der Waals surface area contributed by atoms with Gasteiger partial charge in [0.15, 0.2) is 0 Å². The Bertz CT molecular complexity index is 1160. The Morgan fingerprint density at radius 2 is 2.13 bits per heavy atom. The first kappa shape index (κ1) is 21.0. The van der Waals surface area contributed by atoms with Crippen molar-refractivity contribution in [2.75, 3.05) is 19.8 Å². The molecule has 0 fully saturated rings. The van der Waals surface area contributed by atoms with Crippen molar-refractivity contribution >= 4 is 34.8 Å². The molecule has 3 heterocycles. The van der Waals surface area contributed by atoms with Crippen LogP contribution in [0.4, 0.5) is 0 Å². The number of ether oxygens (including phenoxy) is 2. The van der Waals surface area contributed by atoms with Crippen LogP contribution in [0.25, 0.3) is 22.6 Å². The molecule has 4 rings (SSSR count). The number of rotatable bonds is 6. The van der Waals surface area contributed by atoms with Crippen LogP contribution in [0, 0.1) is 12.8 Å². The standard InChI is InChI=1S/C25H26N2O4/c1-14(6-8-26)24-16(3)21(5-4-19-15(2)25(29)31-13-18(19)12-28)27-22-10-17-7-9-30-23(17)11-20(22)24/h4-5,10-12,15H,1,6-9,13,26H2,2-3H3/b5-4+. The van der Waals surface area contributed by atoms with Crippen molar-refractivity contribution in [3.05, 3.63) is 58.3 Å². The third kappa shape index (κ3) is 3.79. The molecule has 6 heteroatoms. The lowest BCUT2D eigenvalue weighted by molar-refractivity contribution is -0.146. The summed E-state index contributed by atoms with van der Waals surface area (Å²) >= 11 is 0. The van der Waals surface area contributed by atoms with Crippen molar-refractivity contribution in [2.24, 2.45) is 11.7 Å². The van der Waals surface area contributed by atoms with Crippen LogP contribution in [0.5, 0.6) is 5.75 Å². The lowest BCUT2D eigenvalue weighted by Crippen LogP contribution is -2.25. The van der Waals surface area contributed by atoms with Crippen molar-refractivity contribution < 1.29 is 19.1 Å². The molecule has 1 atom stereocenters. The molecular weight excluding hydrogens is 392 g/mol. The van der Waals surface area contributed by atoms with Gasteiger partial charge in [-0.25, -0.2) is 4.98 Å². The Kier molecular flexibility index (Phi) is 5.74. The van der Waals surface area contributed by atoms with E-state index < -0.39 is 5.92 Å². The smallest absolute Gasteiger partial charge is 0.313 e. The van der Waals surface area contributed by atoms with Gasteiger partial charge in [-0.1, -0.05) is 12.7 Å². The normalized spacial score (nSPS) is 18.3. The van der Waals surface area contributed by atoms with Gasteiger partial charge < -0.3 is 15.2 Å². The number of benzene rings is 1. The monoisotopic (exact) mass is 418 g/mol. The van der Waals surface area contributed by atoms with E-state index in [0.717, 1.165) is 57.3 Å².